The number of halogens is 1. The first-order valence-corrected chi connectivity index (χ1v) is 6.36. The van der Waals surface area contributed by atoms with Crippen LogP contribution in [0.1, 0.15) is 0 Å². The van der Waals surface area contributed by atoms with Crippen LogP contribution in [0.25, 0.3) is 21.9 Å². The van der Waals surface area contributed by atoms with Crippen LogP contribution in [0.15, 0.2) is 30.5 Å². The Hall–Kier alpha value is -1.24. The lowest BCUT2D eigenvalue weighted by Crippen LogP contribution is -1.93. The van der Waals surface area contributed by atoms with E-state index in [1.807, 2.05) is 40.3 Å². The number of rotatable bonds is 1. The summed E-state index contributed by atoms with van der Waals surface area (Å²) in [6.07, 6.45) is 1.83. The van der Waals surface area contributed by atoms with E-state index in [4.69, 9.17) is 0 Å². The lowest BCUT2D eigenvalue weighted by Gasteiger charge is -1.95. The van der Waals surface area contributed by atoms with E-state index < -0.39 is 21.5 Å². The first kappa shape index (κ1) is 9.02. The smallest absolute Gasteiger partial charge is 0.251 e. The zero-order valence-corrected chi connectivity index (χ0v) is 10.2. The Labute approximate surface area is 96.5 Å². The topological polar surface area (TPSA) is 39.8 Å². The molecule has 0 amide bonds. The number of nitrogens with zero attached hydrogens (tertiary/aromatic N) is 3. The van der Waals surface area contributed by atoms with Gasteiger partial charge in [0.1, 0.15) is 5.65 Å². The first-order chi connectivity index (χ1) is 7.33. The van der Waals surface area contributed by atoms with E-state index in [2.05, 4.69) is 5.10 Å². The Balaban J connectivity index is 2.68. The van der Waals surface area contributed by atoms with Gasteiger partial charge in [-0.25, -0.2) is 5.85 Å². The van der Waals surface area contributed by atoms with Gasteiger partial charge in [-0.3, -0.25) is 4.68 Å². The normalized spacial score (nSPS) is 11.5. The summed E-state index contributed by atoms with van der Waals surface area (Å²) >= 11 is -1.24. The van der Waals surface area contributed by atoms with Crippen LogP contribution in [-0.2, 0) is 10.1 Å². The van der Waals surface area contributed by atoms with Crippen molar-refractivity contribution >= 4 is 43.4 Å². The lowest BCUT2D eigenvalue weighted by atomic mass is 10.2. The highest BCUT2D eigenvalue weighted by Gasteiger charge is 2.13. The van der Waals surface area contributed by atoms with Crippen molar-refractivity contribution in [3.05, 3.63) is 30.5 Å². The van der Waals surface area contributed by atoms with Crippen molar-refractivity contribution in [2.45, 2.75) is 0 Å². The third kappa shape index (κ3) is 1.09. The summed E-state index contributed by atoms with van der Waals surface area (Å²) < 4.78 is 14.9. The minimum absolute atomic E-state index is 0.944. The highest BCUT2D eigenvalue weighted by atomic mass is 127. The molecule has 0 unspecified atom stereocenters. The van der Waals surface area contributed by atoms with Crippen LogP contribution >= 0.6 is 21.5 Å². The number of hydrogen-bond acceptors (Lipinski definition) is 2. The van der Waals surface area contributed by atoms with E-state index in [9.17, 15) is 3.07 Å². The maximum Gasteiger partial charge on any atom is 0.280 e. The number of aromatic nitrogens is 3. The van der Waals surface area contributed by atoms with Gasteiger partial charge < -0.3 is 0 Å². The van der Waals surface area contributed by atoms with Crippen molar-refractivity contribution in [1.82, 2.24) is 12.6 Å². The zero-order valence-electron chi connectivity index (χ0n) is 8.01. The van der Waals surface area contributed by atoms with Gasteiger partial charge in [0, 0.05) is 17.8 Å². The molecule has 0 spiro atoms. The van der Waals surface area contributed by atoms with Crippen molar-refractivity contribution in [2.75, 3.05) is 0 Å². The Morgan fingerprint density at radius 1 is 1.27 bits per heavy atom. The molecule has 0 aliphatic heterocycles. The molecule has 76 valence electrons. The summed E-state index contributed by atoms with van der Waals surface area (Å²) in [5.41, 5.74) is 1.97. The summed E-state index contributed by atoms with van der Waals surface area (Å²) in [4.78, 5) is 0. The maximum absolute atomic E-state index is 11.3. The van der Waals surface area contributed by atoms with E-state index in [1.165, 1.54) is 0 Å². The number of fused-ring (bicyclic) bond motifs is 3. The summed E-state index contributed by atoms with van der Waals surface area (Å²) in [7, 11) is 1.87. The molecule has 0 saturated heterocycles. The summed E-state index contributed by atoms with van der Waals surface area (Å²) in [6.45, 7) is 0. The number of para-hydroxylation sites is 1. The van der Waals surface area contributed by atoms with Gasteiger partial charge >= 0.3 is 0 Å². The molecule has 3 aromatic rings. The SMILES string of the molecule is Cn1ncc2c3ccccc3n(I=O)c21. The number of aryl methyl sites for hydroxylation is 1. The Morgan fingerprint density at radius 3 is 2.87 bits per heavy atom. The maximum atomic E-state index is 11.3. The van der Waals surface area contributed by atoms with Gasteiger partial charge in [0.2, 0.25) is 0 Å². The van der Waals surface area contributed by atoms with Gasteiger partial charge in [0.15, 0.2) is 0 Å². The average molecular weight is 313 g/mol. The lowest BCUT2D eigenvalue weighted by molar-refractivity contribution is 0.646. The van der Waals surface area contributed by atoms with Crippen LogP contribution in [0, 0.1) is 0 Å². The van der Waals surface area contributed by atoms with Crippen LogP contribution in [0.5, 0.6) is 0 Å². The largest absolute Gasteiger partial charge is 0.280 e. The minimum atomic E-state index is -1.24. The predicted octanol–water partition coefficient (Wildman–Crippen LogP) is 2.61. The number of benzene rings is 1. The molecule has 3 rings (SSSR count). The highest BCUT2D eigenvalue weighted by molar-refractivity contribution is 14.1. The second-order valence-corrected chi connectivity index (χ2v) is 4.73. The molecule has 0 aliphatic rings. The van der Waals surface area contributed by atoms with Gasteiger partial charge in [-0.15, -0.1) is 0 Å². The molecule has 0 N–H and O–H groups in total. The molecule has 4 nitrogen and oxygen atoms in total. The fourth-order valence-electron chi connectivity index (χ4n) is 1.91. The van der Waals surface area contributed by atoms with Gasteiger partial charge in [-0.2, -0.15) is 5.10 Å². The van der Waals surface area contributed by atoms with Crippen LogP contribution in [0.2, 0.25) is 0 Å². The van der Waals surface area contributed by atoms with Crippen LogP contribution in [-0.4, -0.2) is 12.6 Å². The third-order valence-electron chi connectivity index (χ3n) is 2.57. The molecule has 2 heterocycles. The number of hydrogen-bond donors (Lipinski definition) is 0. The van der Waals surface area contributed by atoms with Gasteiger partial charge in [-0.05, 0) is 6.07 Å². The van der Waals surface area contributed by atoms with Crippen molar-refractivity contribution in [1.29, 1.82) is 0 Å². The van der Waals surface area contributed by atoms with Gasteiger partial charge in [-0.1, -0.05) is 18.2 Å². The van der Waals surface area contributed by atoms with E-state index >= 15 is 0 Å². The molecule has 15 heavy (non-hydrogen) atoms. The summed E-state index contributed by atoms with van der Waals surface area (Å²) in [6, 6.07) is 7.98. The van der Waals surface area contributed by atoms with Crippen LogP contribution in [0.3, 0.4) is 0 Å². The van der Waals surface area contributed by atoms with Crippen molar-refractivity contribution in [3.8, 4) is 0 Å². The van der Waals surface area contributed by atoms with Crippen molar-refractivity contribution in [3.63, 3.8) is 0 Å². The van der Waals surface area contributed by atoms with Crippen molar-refractivity contribution in [2.24, 2.45) is 7.05 Å². The highest BCUT2D eigenvalue weighted by Crippen LogP contribution is 2.31. The Kier molecular flexibility index (Phi) is 1.88. The minimum Gasteiger partial charge on any atom is -0.251 e. The molecule has 0 fully saturated rings. The fraction of sp³-hybridized carbons (Fsp3) is 0.100. The fourth-order valence-corrected chi connectivity index (χ4v) is 3.30. The summed E-state index contributed by atoms with van der Waals surface area (Å²) in [5, 5.41) is 6.38. The zero-order chi connectivity index (χ0) is 10.4. The molecular weight excluding hydrogens is 305 g/mol. The molecule has 1 aromatic carbocycles. The van der Waals surface area contributed by atoms with E-state index in [0.29, 0.717) is 0 Å². The molecule has 0 aliphatic carbocycles. The van der Waals surface area contributed by atoms with E-state index in [0.717, 1.165) is 21.9 Å². The second kappa shape index (κ2) is 3.13. The summed E-state index contributed by atoms with van der Waals surface area (Å²) in [5.74, 6) is 0. The third-order valence-corrected chi connectivity index (χ3v) is 3.94. The first-order valence-electron chi connectivity index (χ1n) is 4.52. The molecule has 2 aromatic heterocycles. The Bertz CT molecular complexity index is 668. The molecule has 0 atom stereocenters. The van der Waals surface area contributed by atoms with Crippen LogP contribution in [0.4, 0.5) is 0 Å². The van der Waals surface area contributed by atoms with Crippen molar-refractivity contribution < 1.29 is 3.07 Å². The molecular formula is C10H8IN3O. The average Bonchev–Trinajstić information content (AvgIpc) is 2.78. The standard InChI is InChI=1S/C10H8IN3O/c1-13-10-8(6-12-13)7-4-2-3-5-9(7)14(10)11-15/h2-6H,1H3. The van der Waals surface area contributed by atoms with E-state index in [1.54, 1.807) is 4.68 Å². The van der Waals surface area contributed by atoms with Crippen LogP contribution < -0.4 is 0 Å². The quantitative estimate of drug-likeness (QED) is 0.648. The van der Waals surface area contributed by atoms with Gasteiger partial charge in [0.25, 0.3) is 21.5 Å². The molecule has 5 heteroatoms. The van der Waals surface area contributed by atoms with Gasteiger partial charge in [0.05, 0.1) is 11.7 Å². The monoisotopic (exact) mass is 313 g/mol. The molecule has 0 radical (unpaired) electrons. The Morgan fingerprint density at radius 2 is 2.07 bits per heavy atom. The molecule has 0 bridgehead atoms. The molecule has 0 saturated carbocycles. The second-order valence-electron chi connectivity index (χ2n) is 3.37. The van der Waals surface area contributed by atoms with E-state index in [-0.39, 0.29) is 0 Å². The predicted molar refractivity (Wildman–Crippen MR) is 66.3 cm³/mol.